The maximum Gasteiger partial charge on any atom is 0.261 e. The maximum absolute atomic E-state index is 13.0. The number of rotatable bonds is 5. The van der Waals surface area contributed by atoms with Crippen molar-refractivity contribution in [3.05, 3.63) is 58.7 Å². The van der Waals surface area contributed by atoms with Gasteiger partial charge < -0.3 is 14.8 Å². The van der Waals surface area contributed by atoms with E-state index >= 15 is 0 Å². The molecule has 0 aliphatic carbocycles. The largest absolute Gasteiger partial charge is 0.487 e. The molecule has 0 bridgehead atoms. The molecule has 2 unspecified atom stereocenters. The number of carbonyl (C=O) groups is 1. The lowest BCUT2D eigenvalue weighted by atomic mass is 9.89. The number of aryl methyl sites for hydroxylation is 2. The third-order valence-electron chi connectivity index (χ3n) is 5.40. The zero-order valence-corrected chi connectivity index (χ0v) is 18.6. The molecule has 1 aliphatic rings. The summed E-state index contributed by atoms with van der Waals surface area (Å²) in [5.41, 5.74) is 4.07. The third-order valence-corrected chi connectivity index (χ3v) is 5.40. The molecule has 0 fully saturated rings. The highest BCUT2D eigenvalue weighted by Crippen LogP contribution is 2.40. The lowest BCUT2D eigenvalue weighted by Gasteiger charge is -2.38. The van der Waals surface area contributed by atoms with E-state index in [1.54, 1.807) is 0 Å². The summed E-state index contributed by atoms with van der Waals surface area (Å²) in [6, 6.07) is 12.2. The first-order chi connectivity index (χ1) is 13.6. The summed E-state index contributed by atoms with van der Waals surface area (Å²) in [7, 11) is 0. The Balaban J connectivity index is 1.79. The highest BCUT2D eigenvalue weighted by atomic mass is 16.5. The summed E-state index contributed by atoms with van der Waals surface area (Å²) in [5, 5.41) is 3.20. The minimum atomic E-state index is -0.589. The Morgan fingerprint density at radius 1 is 1.10 bits per heavy atom. The van der Waals surface area contributed by atoms with Crippen molar-refractivity contribution in [3.63, 3.8) is 0 Å². The molecule has 4 heteroatoms. The fraction of sp³-hybridized carbons (Fsp3) is 0.480. The van der Waals surface area contributed by atoms with Crippen LogP contribution in [-0.4, -0.2) is 17.6 Å². The zero-order chi connectivity index (χ0) is 21.3. The van der Waals surface area contributed by atoms with Crippen molar-refractivity contribution in [2.45, 2.75) is 78.6 Å². The van der Waals surface area contributed by atoms with Gasteiger partial charge in [-0.15, -0.1) is 0 Å². The van der Waals surface area contributed by atoms with Crippen LogP contribution in [0.4, 0.5) is 0 Å². The van der Waals surface area contributed by atoms with Crippen molar-refractivity contribution in [1.82, 2.24) is 5.32 Å². The van der Waals surface area contributed by atoms with E-state index in [-0.39, 0.29) is 17.6 Å². The number of hydrogen-bond donors (Lipinski definition) is 1. The quantitative estimate of drug-likeness (QED) is 0.715. The van der Waals surface area contributed by atoms with Crippen LogP contribution in [0.15, 0.2) is 36.4 Å². The monoisotopic (exact) mass is 395 g/mol. The van der Waals surface area contributed by atoms with Gasteiger partial charge in [0.15, 0.2) is 6.10 Å². The van der Waals surface area contributed by atoms with Crippen LogP contribution in [0, 0.1) is 13.8 Å². The van der Waals surface area contributed by atoms with E-state index in [1.807, 2.05) is 32.0 Å². The molecule has 0 saturated carbocycles. The van der Waals surface area contributed by atoms with E-state index in [4.69, 9.17) is 9.47 Å². The van der Waals surface area contributed by atoms with Crippen molar-refractivity contribution < 1.29 is 14.3 Å². The van der Waals surface area contributed by atoms with E-state index in [2.05, 4.69) is 58.1 Å². The molecule has 0 spiro atoms. The van der Waals surface area contributed by atoms with Crippen molar-refractivity contribution in [2.75, 3.05) is 0 Å². The standard InChI is InChI=1S/C25H33NO3/c1-15(2)19-10-8-17(4)13-23(19)28-18(5)24(27)26-21-14-25(6,7)29-22-11-9-16(3)12-20(21)22/h8-13,15,18,21H,14H2,1-7H3,(H,26,27). The van der Waals surface area contributed by atoms with Crippen molar-refractivity contribution in [3.8, 4) is 11.5 Å². The molecule has 0 radical (unpaired) electrons. The molecule has 4 nitrogen and oxygen atoms in total. The maximum atomic E-state index is 13.0. The van der Waals surface area contributed by atoms with Crippen LogP contribution in [0.1, 0.15) is 75.3 Å². The normalized spacial score (nSPS) is 18.6. The molecule has 0 saturated heterocycles. The van der Waals surface area contributed by atoms with Crippen LogP contribution in [0.2, 0.25) is 0 Å². The van der Waals surface area contributed by atoms with Crippen molar-refractivity contribution in [2.24, 2.45) is 0 Å². The van der Waals surface area contributed by atoms with Gasteiger partial charge in [0.05, 0.1) is 6.04 Å². The van der Waals surface area contributed by atoms with Crippen molar-refractivity contribution >= 4 is 5.91 Å². The summed E-state index contributed by atoms with van der Waals surface area (Å²) in [6.07, 6.45) is 0.123. The summed E-state index contributed by atoms with van der Waals surface area (Å²) in [5.74, 6) is 1.83. The van der Waals surface area contributed by atoms with Gasteiger partial charge in [0.2, 0.25) is 0 Å². The average Bonchev–Trinajstić information content (AvgIpc) is 2.61. The highest BCUT2D eigenvalue weighted by molar-refractivity contribution is 5.81. The Kier molecular flexibility index (Phi) is 5.92. The molecule has 156 valence electrons. The van der Waals surface area contributed by atoms with Gasteiger partial charge in [0.25, 0.3) is 5.91 Å². The van der Waals surface area contributed by atoms with Crippen LogP contribution in [0.3, 0.4) is 0 Å². The number of ether oxygens (including phenoxy) is 2. The van der Waals surface area contributed by atoms with Crippen LogP contribution in [0.5, 0.6) is 11.5 Å². The van der Waals surface area contributed by atoms with Gasteiger partial charge in [0, 0.05) is 12.0 Å². The van der Waals surface area contributed by atoms with Gasteiger partial charge >= 0.3 is 0 Å². The second-order valence-electron chi connectivity index (χ2n) is 9.12. The molecular formula is C25H33NO3. The second-order valence-corrected chi connectivity index (χ2v) is 9.12. The number of nitrogens with one attached hydrogen (secondary N) is 1. The third kappa shape index (κ3) is 4.92. The summed E-state index contributed by atoms with van der Waals surface area (Å²) in [4.78, 5) is 13.0. The van der Waals surface area contributed by atoms with Gasteiger partial charge in [0.1, 0.15) is 17.1 Å². The predicted octanol–water partition coefficient (Wildman–Crippen LogP) is 5.61. The Labute approximate surface area is 174 Å². The minimum absolute atomic E-state index is 0.103. The highest BCUT2D eigenvalue weighted by Gasteiger charge is 2.35. The van der Waals surface area contributed by atoms with Crippen LogP contribution in [-0.2, 0) is 4.79 Å². The van der Waals surface area contributed by atoms with E-state index in [1.165, 1.54) is 0 Å². The molecule has 29 heavy (non-hydrogen) atoms. The first kappa shape index (κ1) is 21.2. The molecule has 2 aromatic rings. The molecule has 1 amide bonds. The Morgan fingerprint density at radius 2 is 1.76 bits per heavy atom. The fourth-order valence-corrected chi connectivity index (χ4v) is 3.86. The van der Waals surface area contributed by atoms with Crippen LogP contribution in [0.25, 0.3) is 0 Å². The molecule has 2 aromatic carbocycles. The smallest absolute Gasteiger partial charge is 0.261 e. The Bertz CT molecular complexity index is 901. The average molecular weight is 396 g/mol. The van der Waals surface area contributed by atoms with Crippen LogP contribution >= 0.6 is 0 Å². The molecule has 0 aromatic heterocycles. The first-order valence-corrected chi connectivity index (χ1v) is 10.4. The number of fused-ring (bicyclic) bond motifs is 1. The summed E-state index contributed by atoms with van der Waals surface area (Å²) in [6.45, 7) is 14.3. The zero-order valence-electron chi connectivity index (χ0n) is 18.6. The molecule has 2 atom stereocenters. The van der Waals surface area contributed by atoms with Gasteiger partial charge in [-0.25, -0.2) is 0 Å². The van der Waals surface area contributed by atoms with Gasteiger partial charge in [-0.3, -0.25) is 4.79 Å². The molecule has 1 heterocycles. The topological polar surface area (TPSA) is 47.6 Å². The predicted molar refractivity (Wildman–Crippen MR) is 117 cm³/mol. The SMILES string of the molecule is Cc1ccc(C(C)C)c(OC(C)C(=O)NC2CC(C)(C)Oc3ccc(C)cc32)c1. The van der Waals surface area contributed by atoms with Gasteiger partial charge in [-0.05, 0) is 63.8 Å². The number of benzene rings is 2. The van der Waals surface area contributed by atoms with Crippen LogP contribution < -0.4 is 14.8 Å². The number of carbonyl (C=O) groups excluding carboxylic acids is 1. The van der Waals surface area contributed by atoms with E-state index in [9.17, 15) is 4.79 Å². The van der Waals surface area contributed by atoms with Crippen molar-refractivity contribution in [1.29, 1.82) is 0 Å². The molecule has 1 N–H and O–H groups in total. The number of amides is 1. The lowest BCUT2D eigenvalue weighted by molar-refractivity contribution is -0.128. The fourth-order valence-electron chi connectivity index (χ4n) is 3.86. The van der Waals surface area contributed by atoms with Gasteiger partial charge in [-0.1, -0.05) is 43.7 Å². The number of hydrogen-bond acceptors (Lipinski definition) is 3. The lowest BCUT2D eigenvalue weighted by Crippen LogP contribution is -2.44. The Hall–Kier alpha value is -2.49. The molecule has 1 aliphatic heterocycles. The minimum Gasteiger partial charge on any atom is -0.487 e. The van der Waals surface area contributed by atoms with E-state index in [0.717, 1.165) is 33.8 Å². The first-order valence-electron chi connectivity index (χ1n) is 10.4. The van der Waals surface area contributed by atoms with E-state index < -0.39 is 6.10 Å². The van der Waals surface area contributed by atoms with Gasteiger partial charge in [-0.2, -0.15) is 0 Å². The summed E-state index contributed by atoms with van der Waals surface area (Å²) < 4.78 is 12.2. The second kappa shape index (κ2) is 8.10. The van der Waals surface area contributed by atoms with E-state index in [0.29, 0.717) is 12.3 Å². The Morgan fingerprint density at radius 3 is 2.45 bits per heavy atom. The molecular weight excluding hydrogens is 362 g/mol. The molecule has 3 rings (SSSR count). The summed E-state index contributed by atoms with van der Waals surface area (Å²) >= 11 is 0.